The van der Waals surface area contributed by atoms with Crippen LogP contribution in [0.25, 0.3) is 0 Å². The van der Waals surface area contributed by atoms with Crippen LogP contribution in [-0.4, -0.2) is 49.7 Å². The standard InChI is InChI=1S/C14H22ClNO4S/c1-13(2,3)21-9-6-8(17)16(9)10(12(19)20)11(18)14(4,5)7-15/h9-10H,6-7H2,1-5H3,(H,19,20). The Labute approximate surface area is 134 Å². The molecular formula is C14H22ClNO4S. The lowest BCUT2D eigenvalue weighted by molar-refractivity contribution is -0.163. The predicted molar refractivity (Wildman–Crippen MR) is 83.5 cm³/mol. The minimum atomic E-state index is -1.46. The van der Waals surface area contributed by atoms with E-state index in [9.17, 15) is 19.5 Å². The number of carboxylic acids is 1. The first kappa shape index (κ1) is 18.3. The van der Waals surface area contributed by atoms with Crippen molar-refractivity contribution < 1.29 is 19.5 Å². The Morgan fingerprint density at radius 1 is 1.38 bits per heavy atom. The van der Waals surface area contributed by atoms with E-state index >= 15 is 0 Å². The van der Waals surface area contributed by atoms with E-state index < -0.39 is 23.2 Å². The van der Waals surface area contributed by atoms with Crippen molar-refractivity contribution in [2.75, 3.05) is 5.88 Å². The fourth-order valence-electron chi connectivity index (χ4n) is 2.01. The van der Waals surface area contributed by atoms with Gasteiger partial charge >= 0.3 is 5.97 Å². The first-order valence-electron chi connectivity index (χ1n) is 6.73. The lowest BCUT2D eigenvalue weighted by Gasteiger charge is -2.46. The molecule has 21 heavy (non-hydrogen) atoms. The molecule has 1 N–H and O–H groups in total. The summed E-state index contributed by atoms with van der Waals surface area (Å²) in [5.74, 6) is -2.12. The average molecular weight is 336 g/mol. The summed E-state index contributed by atoms with van der Waals surface area (Å²) >= 11 is 7.25. The van der Waals surface area contributed by atoms with Gasteiger partial charge in [0.25, 0.3) is 0 Å². The molecule has 2 unspecified atom stereocenters. The van der Waals surface area contributed by atoms with Gasteiger partial charge in [0.2, 0.25) is 5.91 Å². The summed E-state index contributed by atoms with van der Waals surface area (Å²) in [5, 5.41) is 9.12. The number of rotatable bonds is 6. The van der Waals surface area contributed by atoms with Crippen LogP contribution in [0.2, 0.25) is 0 Å². The number of thioether (sulfide) groups is 1. The van der Waals surface area contributed by atoms with Gasteiger partial charge in [0.15, 0.2) is 11.8 Å². The zero-order valence-corrected chi connectivity index (χ0v) is 14.5. The van der Waals surface area contributed by atoms with Crippen LogP contribution in [0.15, 0.2) is 0 Å². The van der Waals surface area contributed by atoms with Crippen molar-refractivity contribution in [1.82, 2.24) is 4.90 Å². The van der Waals surface area contributed by atoms with E-state index in [0.29, 0.717) is 0 Å². The number of alkyl halides is 1. The third-order valence-corrected chi connectivity index (χ3v) is 5.24. The lowest BCUT2D eigenvalue weighted by atomic mass is 9.84. The first-order chi connectivity index (χ1) is 9.40. The van der Waals surface area contributed by atoms with Crippen molar-refractivity contribution in [2.24, 2.45) is 5.41 Å². The molecule has 1 amide bonds. The molecule has 1 heterocycles. The van der Waals surface area contributed by atoms with Crippen LogP contribution in [0.1, 0.15) is 41.0 Å². The number of nitrogens with zero attached hydrogens (tertiary/aromatic N) is 1. The zero-order valence-electron chi connectivity index (χ0n) is 13.0. The molecule has 0 spiro atoms. The summed E-state index contributed by atoms with van der Waals surface area (Å²) in [4.78, 5) is 37.0. The van der Waals surface area contributed by atoms with Crippen molar-refractivity contribution in [3.05, 3.63) is 0 Å². The van der Waals surface area contributed by atoms with Crippen LogP contribution in [0.4, 0.5) is 0 Å². The van der Waals surface area contributed by atoms with Gasteiger partial charge in [-0.2, -0.15) is 0 Å². The quantitative estimate of drug-likeness (QED) is 0.458. The van der Waals surface area contributed by atoms with Gasteiger partial charge in [0.05, 0.1) is 11.8 Å². The Hall–Kier alpha value is -0.750. The highest BCUT2D eigenvalue weighted by Gasteiger charge is 2.51. The zero-order chi connectivity index (χ0) is 16.6. The van der Waals surface area contributed by atoms with Crippen molar-refractivity contribution in [1.29, 1.82) is 0 Å². The van der Waals surface area contributed by atoms with Crippen LogP contribution < -0.4 is 0 Å². The fraction of sp³-hybridized carbons (Fsp3) is 0.786. The van der Waals surface area contributed by atoms with E-state index in [1.54, 1.807) is 13.8 Å². The van der Waals surface area contributed by atoms with Crippen LogP contribution in [0.5, 0.6) is 0 Å². The molecule has 7 heteroatoms. The number of likely N-dealkylation sites (tertiary alicyclic amines) is 1. The molecule has 2 atom stereocenters. The maximum Gasteiger partial charge on any atom is 0.334 e. The van der Waals surface area contributed by atoms with Gasteiger partial charge in [-0.15, -0.1) is 23.4 Å². The van der Waals surface area contributed by atoms with Gasteiger partial charge in [-0.1, -0.05) is 34.6 Å². The first-order valence-corrected chi connectivity index (χ1v) is 8.14. The molecule has 1 aliphatic heterocycles. The summed E-state index contributed by atoms with van der Waals surface area (Å²) in [5.41, 5.74) is -0.989. The molecular weight excluding hydrogens is 314 g/mol. The van der Waals surface area contributed by atoms with Crippen molar-refractivity contribution in [2.45, 2.75) is 57.2 Å². The van der Waals surface area contributed by atoms with Crippen LogP contribution in [0, 0.1) is 5.41 Å². The number of aliphatic carboxylic acids is 1. The van der Waals surface area contributed by atoms with Crippen molar-refractivity contribution in [3.8, 4) is 0 Å². The Kier molecular flexibility index (Phi) is 5.37. The molecule has 1 fully saturated rings. The highest BCUT2D eigenvalue weighted by molar-refractivity contribution is 8.01. The third-order valence-electron chi connectivity index (χ3n) is 3.20. The van der Waals surface area contributed by atoms with Crippen LogP contribution in [-0.2, 0) is 14.4 Å². The van der Waals surface area contributed by atoms with E-state index in [0.717, 1.165) is 0 Å². The highest BCUT2D eigenvalue weighted by atomic mass is 35.5. The molecule has 120 valence electrons. The number of carbonyl (C=O) groups excluding carboxylic acids is 2. The summed E-state index contributed by atoms with van der Waals surface area (Å²) in [7, 11) is 0. The van der Waals surface area contributed by atoms with Gasteiger partial charge in [0, 0.05) is 16.0 Å². The fourth-order valence-corrected chi connectivity index (χ4v) is 3.54. The second-order valence-electron chi connectivity index (χ2n) is 6.81. The predicted octanol–water partition coefficient (Wildman–Crippen LogP) is 2.36. The van der Waals surface area contributed by atoms with Crippen molar-refractivity contribution >= 4 is 41.0 Å². The number of amides is 1. The number of ketones is 1. The molecule has 1 aliphatic rings. The van der Waals surface area contributed by atoms with Gasteiger partial charge in [-0.3, -0.25) is 9.59 Å². The highest BCUT2D eigenvalue weighted by Crippen LogP contribution is 2.40. The molecule has 0 aromatic heterocycles. The second kappa shape index (κ2) is 6.16. The summed E-state index contributed by atoms with van der Waals surface area (Å²) in [6, 6.07) is -1.46. The summed E-state index contributed by atoms with van der Waals surface area (Å²) in [6.07, 6.45) is 0.264. The SMILES string of the molecule is CC(C)(C)SC1CC(=O)N1C(C(=O)O)C(=O)C(C)(C)CCl. The van der Waals surface area contributed by atoms with Crippen molar-refractivity contribution in [3.63, 3.8) is 0 Å². The Balaban J connectivity index is 3.02. The largest absolute Gasteiger partial charge is 0.479 e. The molecule has 0 aromatic carbocycles. The normalized spacial score (nSPS) is 21.0. The maximum absolute atomic E-state index is 12.5. The Morgan fingerprint density at radius 3 is 2.24 bits per heavy atom. The Bertz CT molecular complexity index is 458. The monoisotopic (exact) mass is 335 g/mol. The van der Waals surface area contributed by atoms with Crippen LogP contribution in [0.3, 0.4) is 0 Å². The number of hydrogen-bond donors (Lipinski definition) is 1. The van der Waals surface area contributed by atoms with E-state index in [-0.39, 0.29) is 28.3 Å². The second-order valence-corrected chi connectivity index (χ2v) is 9.08. The molecule has 1 saturated heterocycles. The number of carboxylic acid groups (broad SMARTS) is 1. The minimum Gasteiger partial charge on any atom is -0.479 e. The number of halogens is 1. The molecule has 0 bridgehead atoms. The van der Waals surface area contributed by atoms with Crippen LogP contribution >= 0.6 is 23.4 Å². The lowest BCUT2D eigenvalue weighted by Crippen LogP contribution is -2.63. The smallest absolute Gasteiger partial charge is 0.334 e. The van der Waals surface area contributed by atoms with Gasteiger partial charge < -0.3 is 10.0 Å². The van der Waals surface area contributed by atoms with Gasteiger partial charge in [0.1, 0.15) is 0 Å². The van der Waals surface area contributed by atoms with E-state index in [4.69, 9.17) is 11.6 Å². The number of carbonyl (C=O) groups is 3. The number of β-lactam (4-membered cyclic amide) rings is 1. The molecule has 0 saturated carbocycles. The molecule has 0 aliphatic carbocycles. The van der Waals surface area contributed by atoms with E-state index in [1.807, 2.05) is 20.8 Å². The number of hydrogen-bond acceptors (Lipinski definition) is 4. The molecule has 1 rings (SSSR count). The molecule has 0 radical (unpaired) electrons. The van der Waals surface area contributed by atoms with Gasteiger partial charge in [-0.05, 0) is 0 Å². The minimum absolute atomic E-state index is 0.00865. The molecule has 0 aromatic rings. The topological polar surface area (TPSA) is 74.7 Å². The average Bonchev–Trinajstić information content (AvgIpc) is 2.32. The van der Waals surface area contributed by atoms with E-state index in [1.165, 1.54) is 16.7 Å². The Morgan fingerprint density at radius 2 is 1.90 bits per heavy atom. The molecule has 5 nitrogen and oxygen atoms in total. The van der Waals surface area contributed by atoms with E-state index in [2.05, 4.69) is 0 Å². The summed E-state index contributed by atoms with van der Waals surface area (Å²) in [6.45, 7) is 9.14. The number of Topliss-reactive ketones (excluding diaryl/α,β-unsaturated/α-hetero) is 1. The summed E-state index contributed by atoms with van der Waals surface area (Å²) < 4.78 is -0.127. The van der Waals surface area contributed by atoms with Gasteiger partial charge in [-0.25, -0.2) is 4.79 Å². The maximum atomic E-state index is 12.5. The third kappa shape index (κ3) is 4.13.